The van der Waals surface area contributed by atoms with E-state index in [0.29, 0.717) is 11.1 Å². The van der Waals surface area contributed by atoms with Crippen LogP contribution < -0.4 is 10.9 Å². The third-order valence-corrected chi connectivity index (χ3v) is 5.80. The molecule has 148 valence electrons. The molecule has 2 aromatic carbocycles. The summed E-state index contributed by atoms with van der Waals surface area (Å²) in [5, 5.41) is 20.1. The Bertz CT molecular complexity index is 897. The Labute approximate surface area is 163 Å². The zero-order valence-corrected chi connectivity index (χ0v) is 15.8. The maximum Gasteiger partial charge on any atom is 0.242 e. The number of amides is 1. The summed E-state index contributed by atoms with van der Waals surface area (Å²) in [5.74, 6) is -0.771. The molecule has 0 aromatic heterocycles. The molecule has 4 unspecified atom stereocenters. The van der Waals surface area contributed by atoms with Crippen LogP contribution in [0.2, 0.25) is 0 Å². The second-order valence-corrected chi connectivity index (χ2v) is 7.56. The van der Waals surface area contributed by atoms with Gasteiger partial charge in [-0.25, -0.2) is 15.2 Å². The molecule has 0 aliphatic carbocycles. The lowest BCUT2D eigenvalue weighted by molar-refractivity contribution is -0.131. The summed E-state index contributed by atoms with van der Waals surface area (Å²) in [5.41, 5.74) is 9.14. The maximum atomic E-state index is 14.7. The molecule has 1 amide bonds. The highest BCUT2D eigenvalue weighted by Crippen LogP contribution is 2.49. The molecular formula is C21H24FN3O3. The van der Waals surface area contributed by atoms with Crippen LogP contribution in [0.5, 0.6) is 5.75 Å². The minimum Gasteiger partial charge on any atom is -0.508 e. The first-order valence-electron chi connectivity index (χ1n) is 9.41. The number of hydrogen-bond acceptors (Lipinski definition) is 5. The molecule has 2 fully saturated rings. The SMILES string of the molecule is Cc1cc(C)c(C2NNC3C(=O)N(CCO)C(c4ccccc4F)C32)c(O)c1. The van der Waals surface area contributed by atoms with Crippen LogP contribution in [0.3, 0.4) is 0 Å². The van der Waals surface area contributed by atoms with Crippen molar-refractivity contribution in [3.63, 3.8) is 0 Å². The summed E-state index contributed by atoms with van der Waals surface area (Å²) in [6.07, 6.45) is 0. The standard InChI is InChI=1S/C21H24FN3O3/c1-11-9-12(2)16(15(27)10-11)18-17-19(24-23-18)21(28)25(7-8-26)20(17)13-5-3-4-6-14(13)22/h3-6,9-10,17-20,23-24,26-27H,7-8H2,1-2H3. The molecule has 4 rings (SSSR count). The zero-order chi connectivity index (χ0) is 20.0. The first kappa shape index (κ1) is 18.9. The summed E-state index contributed by atoms with van der Waals surface area (Å²) in [4.78, 5) is 14.5. The van der Waals surface area contributed by atoms with Crippen molar-refractivity contribution in [1.29, 1.82) is 0 Å². The van der Waals surface area contributed by atoms with Crippen LogP contribution in [0.1, 0.15) is 34.3 Å². The molecule has 2 saturated heterocycles. The van der Waals surface area contributed by atoms with Crippen LogP contribution in [-0.2, 0) is 4.79 Å². The van der Waals surface area contributed by atoms with Crippen molar-refractivity contribution < 1.29 is 19.4 Å². The Balaban J connectivity index is 1.84. The van der Waals surface area contributed by atoms with E-state index < -0.39 is 12.1 Å². The monoisotopic (exact) mass is 385 g/mol. The second kappa shape index (κ2) is 7.16. The van der Waals surface area contributed by atoms with Crippen molar-refractivity contribution in [2.75, 3.05) is 13.2 Å². The molecule has 6 nitrogen and oxygen atoms in total. The van der Waals surface area contributed by atoms with Crippen LogP contribution in [0.25, 0.3) is 0 Å². The van der Waals surface area contributed by atoms with Gasteiger partial charge >= 0.3 is 0 Å². The molecule has 0 saturated carbocycles. The summed E-state index contributed by atoms with van der Waals surface area (Å²) in [6.45, 7) is 3.74. The van der Waals surface area contributed by atoms with Gasteiger partial charge in [0.1, 0.15) is 17.6 Å². The van der Waals surface area contributed by atoms with Crippen molar-refractivity contribution in [2.45, 2.75) is 32.0 Å². The fourth-order valence-corrected chi connectivity index (χ4v) is 4.75. The fraction of sp³-hybridized carbons (Fsp3) is 0.381. The number of phenols is 1. The Morgan fingerprint density at radius 2 is 1.86 bits per heavy atom. The average molecular weight is 385 g/mol. The molecule has 4 N–H and O–H groups in total. The number of rotatable bonds is 4. The first-order valence-corrected chi connectivity index (χ1v) is 9.41. The lowest BCUT2D eigenvalue weighted by Crippen LogP contribution is -2.42. The van der Waals surface area contributed by atoms with E-state index >= 15 is 0 Å². The Hall–Kier alpha value is -2.48. The van der Waals surface area contributed by atoms with Crippen LogP contribution >= 0.6 is 0 Å². The van der Waals surface area contributed by atoms with E-state index in [-0.39, 0.29) is 42.6 Å². The number of nitrogens with one attached hydrogen (secondary N) is 2. The quantitative estimate of drug-likeness (QED) is 0.646. The molecule has 4 atom stereocenters. The van der Waals surface area contributed by atoms with Crippen LogP contribution in [-0.4, -0.2) is 40.2 Å². The van der Waals surface area contributed by atoms with Gasteiger partial charge in [0.15, 0.2) is 0 Å². The highest BCUT2D eigenvalue weighted by Gasteiger charge is 2.56. The maximum absolute atomic E-state index is 14.7. The van der Waals surface area contributed by atoms with Gasteiger partial charge in [-0.3, -0.25) is 4.79 Å². The number of hydrogen-bond donors (Lipinski definition) is 4. The molecule has 0 spiro atoms. The van der Waals surface area contributed by atoms with Gasteiger partial charge in [0, 0.05) is 23.6 Å². The smallest absolute Gasteiger partial charge is 0.242 e. The molecule has 28 heavy (non-hydrogen) atoms. The lowest BCUT2D eigenvalue weighted by Gasteiger charge is -2.31. The number of β-amino-alcohol motifs (C(OH)–C–C–N with tert-alkyl or cyclic N) is 1. The highest BCUT2D eigenvalue weighted by atomic mass is 19.1. The molecule has 0 bridgehead atoms. The third-order valence-electron chi connectivity index (χ3n) is 5.80. The molecular weight excluding hydrogens is 361 g/mol. The van der Waals surface area contributed by atoms with Crippen LogP contribution in [0.15, 0.2) is 36.4 Å². The number of benzene rings is 2. The number of aliphatic hydroxyl groups is 1. The number of halogens is 1. The largest absolute Gasteiger partial charge is 0.508 e. The summed E-state index contributed by atoms with van der Waals surface area (Å²) in [7, 11) is 0. The van der Waals surface area contributed by atoms with E-state index in [1.807, 2.05) is 19.9 Å². The molecule has 0 radical (unpaired) electrons. The molecule has 2 heterocycles. The predicted molar refractivity (Wildman–Crippen MR) is 102 cm³/mol. The van der Waals surface area contributed by atoms with E-state index in [0.717, 1.165) is 11.1 Å². The van der Waals surface area contributed by atoms with Crippen molar-refractivity contribution >= 4 is 5.91 Å². The highest BCUT2D eigenvalue weighted by molar-refractivity contribution is 5.86. The number of carbonyl (C=O) groups is 1. The van der Waals surface area contributed by atoms with Gasteiger partial charge in [0.25, 0.3) is 0 Å². The third kappa shape index (κ3) is 2.87. The molecule has 2 aromatic rings. The van der Waals surface area contributed by atoms with Crippen molar-refractivity contribution in [3.05, 3.63) is 64.5 Å². The van der Waals surface area contributed by atoms with Gasteiger partial charge in [-0.1, -0.05) is 24.3 Å². The molecule has 7 heteroatoms. The Morgan fingerprint density at radius 1 is 1.14 bits per heavy atom. The average Bonchev–Trinajstić information content (AvgIpc) is 3.16. The van der Waals surface area contributed by atoms with E-state index in [1.54, 1.807) is 24.3 Å². The Morgan fingerprint density at radius 3 is 2.54 bits per heavy atom. The normalized spacial score (nSPS) is 26.7. The number of hydrazine groups is 1. The topological polar surface area (TPSA) is 84.8 Å². The Kier molecular flexibility index (Phi) is 4.82. The van der Waals surface area contributed by atoms with Gasteiger partial charge in [0.05, 0.1) is 18.7 Å². The first-order chi connectivity index (χ1) is 13.4. The summed E-state index contributed by atoms with van der Waals surface area (Å²) in [6, 6.07) is 8.57. The second-order valence-electron chi connectivity index (χ2n) is 7.56. The minimum atomic E-state index is -0.568. The van der Waals surface area contributed by atoms with Crippen molar-refractivity contribution in [3.8, 4) is 5.75 Å². The van der Waals surface area contributed by atoms with Gasteiger partial charge in [-0.2, -0.15) is 0 Å². The van der Waals surface area contributed by atoms with Crippen LogP contribution in [0, 0.1) is 25.6 Å². The van der Waals surface area contributed by atoms with E-state index in [4.69, 9.17) is 0 Å². The number of fused-ring (bicyclic) bond motifs is 1. The number of aliphatic hydroxyl groups excluding tert-OH is 1. The zero-order valence-electron chi connectivity index (χ0n) is 15.8. The van der Waals surface area contributed by atoms with E-state index in [1.165, 1.54) is 11.0 Å². The number of carbonyl (C=O) groups excluding carboxylic acids is 1. The number of likely N-dealkylation sites (tertiary alicyclic amines) is 1. The van der Waals surface area contributed by atoms with Gasteiger partial charge in [-0.15, -0.1) is 0 Å². The molecule has 2 aliphatic heterocycles. The number of aromatic hydroxyl groups is 1. The fourth-order valence-electron chi connectivity index (χ4n) is 4.75. The van der Waals surface area contributed by atoms with Gasteiger partial charge in [-0.05, 0) is 37.1 Å². The van der Waals surface area contributed by atoms with E-state index in [9.17, 15) is 19.4 Å². The van der Waals surface area contributed by atoms with Gasteiger partial charge < -0.3 is 15.1 Å². The van der Waals surface area contributed by atoms with Crippen molar-refractivity contribution in [2.24, 2.45) is 5.92 Å². The van der Waals surface area contributed by atoms with E-state index in [2.05, 4.69) is 10.9 Å². The summed E-state index contributed by atoms with van der Waals surface area (Å²) < 4.78 is 14.7. The van der Waals surface area contributed by atoms with Crippen molar-refractivity contribution in [1.82, 2.24) is 15.8 Å². The van der Waals surface area contributed by atoms with Crippen LogP contribution in [0.4, 0.5) is 4.39 Å². The summed E-state index contributed by atoms with van der Waals surface area (Å²) >= 11 is 0. The molecule has 2 aliphatic rings. The number of aryl methyl sites for hydroxylation is 2. The number of nitrogens with zero attached hydrogens (tertiary/aromatic N) is 1. The number of phenolic OH excluding ortho intramolecular Hbond substituents is 1. The predicted octanol–water partition coefficient (Wildman–Crippen LogP) is 1.86. The minimum absolute atomic E-state index is 0.123. The van der Waals surface area contributed by atoms with Gasteiger partial charge in [0.2, 0.25) is 5.91 Å². The lowest BCUT2D eigenvalue weighted by atomic mass is 9.81.